The van der Waals surface area contributed by atoms with Gasteiger partial charge >= 0.3 is 6.03 Å². The zero-order valence-corrected chi connectivity index (χ0v) is 20.2. The number of carbonyl (C=O) groups is 4. The van der Waals surface area contributed by atoms with Gasteiger partial charge in [0.25, 0.3) is 5.91 Å². The fourth-order valence-corrected chi connectivity index (χ4v) is 5.32. The van der Waals surface area contributed by atoms with Crippen LogP contribution in [0.2, 0.25) is 5.02 Å². The molecule has 5 amide bonds. The number of carbonyl (C=O) groups excluding carboxylic acids is 4. The lowest BCUT2D eigenvalue weighted by Gasteiger charge is -2.32. The Morgan fingerprint density at radius 2 is 1.83 bits per heavy atom. The predicted molar refractivity (Wildman–Crippen MR) is 131 cm³/mol. The van der Waals surface area contributed by atoms with Gasteiger partial charge in [-0.05, 0) is 67.0 Å². The molecule has 2 N–H and O–H groups in total. The first-order valence-corrected chi connectivity index (χ1v) is 12.3. The van der Waals surface area contributed by atoms with Crippen molar-refractivity contribution in [2.24, 2.45) is 0 Å². The number of aryl methyl sites for hydroxylation is 1. The minimum Gasteiger partial charge on any atom is -0.324 e. The van der Waals surface area contributed by atoms with Crippen LogP contribution in [0.3, 0.4) is 0 Å². The van der Waals surface area contributed by atoms with Crippen LogP contribution < -0.4 is 10.6 Å². The molecule has 0 spiro atoms. The third-order valence-corrected chi connectivity index (χ3v) is 7.63. The summed E-state index contributed by atoms with van der Waals surface area (Å²) in [4.78, 5) is 52.7. The van der Waals surface area contributed by atoms with Crippen molar-refractivity contribution in [1.29, 1.82) is 0 Å². The number of nitrogens with one attached hydrogen (secondary N) is 2. The molecule has 3 aliphatic rings. The number of anilines is 1. The number of imide groups is 1. The lowest BCUT2D eigenvalue weighted by Crippen LogP contribution is -2.52. The van der Waals surface area contributed by atoms with Crippen LogP contribution in [-0.4, -0.2) is 52.7 Å². The molecule has 1 atom stereocenters. The normalized spacial score (nSPS) is 20.6. The monoisotopic (exact) mass is 494 g/mol. The quantitative estimate of drug-likeness (QED) is 0.633. The number of hydrogen-bond donors (Lipinski definition) is 2. The molecular weight excluding hydrogens is 468 g/mol. The number of piperidine rings is 2. The van der Waals surface area contributed by atoms with Crippen LogP contribution in [0.5, 0.6) is 0 Å². The average Bonchev–Trinajstić information content (AvgIpc) is 3.17. The maximum atomic E-state index is 12.9. The van der Waals surface area contributed by atoms with Gasteiger partial charge in [-0.25, -0.2) is 4.79 Å². The Bertz CT molecular complexity index is 1220. The minimum absolute atomic E-state index is 0.136. The van der Waals surface area contributed by atoms with E-state index in [4.69, 9.17) is 11.6 Å². The smallest absolute Gasteiger partial charge is 0.321 e. The summed E-state index contributed by atoms with van der Waals surface area (Å²) in [6, 6.07) is 10.6. The number of fused-ring (bicyclic) bond motifs is 1. The summed E-state index contributed by atoms with van der Waals surface area (Å²) in [5, 5.41) is 5.87. The van der Waals surface area contributed by atoms with Crippen LogP contribution in [-0.2, 0) is 16.1 Å². The van der Waals surface area contributed by atoms with E-state index in [2.05, 4.69) is 16.7 Å². The van der Waals surface area contributed by atoms with Crippen LogP contribution in [0.25, 0.3) is 0 Å². The summed E-state index contributed by atoms with van der Waals surface area (Å²) in [6.07, 6.45) is 2.24. The molecular formula is C26H27ClN4O4. The van der Waals surface area contributed by atoms with Gasteiger partial charge in [-0.15, -0.1) is 0 Å². The van der Waals surface area contributed by atoms with E-state index in [0.717, 1.165) is 29.5 Å². The number of nitrogens with zero attached hydrogens (tertiary/aromatic N) is 2. The van der Waals surface area contributed by atoms with E-state index >= 15 is 0 Å². The number of halogens is 1. The highest BCUT2D eigenvalue weighted by Crippen LogP contribution is 2.34. The van der Waals surface area contributed by atoms with Gasteiger partial charge in [0.05, 0.1) is 0 Å². The Morgan fingerprint density at radius 3 is 2.54 bits per heavy atom. The van der Waals surface area contributed by atoms with Gasteiger partial charge in [0.1, 0.15) is 6.04 Å². The van der Waals surface area contributed by atoms with Gasteiger partial charge in [-0.3, -0.25) is 19.7 Å². The molecule has 2 aromatic carbocycles. The van der Waals surface area contributed by atoms with Crippen molar-refractivity contribution in [2.45, 2.75) is 51.1 Å². The Hall–Kier alpha value is -3.39. The van der Waals surface area contributed by atoms with Crippen molar-refractivity contribution < 1.29 is 19.2 Å². The molecule has 2 saturated heterocycles. The molecule has 3 aliphatic heterocycles. The summed E-state index contributed by atoms with van der Waals surface area (Å²) in [5.41, 5.74) is 4.31. The number of likely N-dealkylation sites (tertiary alicyclic amines) is 1. The predicted octanol–water partition coefficient (Wildman–Crippen LogP) is 3.82. The molecule has 0 aromatic heterocycles. The maximum Gasteiger partial charge on any atom is 0.321 e. The molecule has 2 aromatic rings. The van der Waals surface area contributed by atoms with Crippen LogP contribution in [0.1, 0.15) is 58.6 Å². The summed E-state index contributed by atoms with van der Waals surface area (Å²) in [5.74, 6) is -0.566. The average molecular weight is 495 g/mol. The summed E-state index contributed by atoms with van der Waals surface area (Å²) in [7, 11) is 0. The molecule has 5 rings (SSSR count). The van der Waals surface area contributed by atoms with Crippen LogP contribution >= 0.6 is 11.6 Å². The first kappa shape index (κ1) is 23.4. The summed E-state index contributed by atoms with van der Waals surface area (Å²) < 4.78 is 0. The Balaban J connectivity index is 1.20. The van der Waals surface area contributed by atoms with Gasteiger partial charge in [0.15, 0.2) is 0 Å². The van der Waals surface area contributed by atoms with Crippen molar-refractivity contribution in [1.82, 2.24) is 15.1 Å². The second-order valence-electron chi connectivity index (χ2n) is 9.47. The molecule has 8 nitrogen and oxygen atoms in total. The van der Waals surface area contributed by atoms with Crippen molar-refractivity contribution >= 4 is 41.0 Å². The molecule has 3 heterocycles. The standard InChI is InChI=1S/C26H27ClN4O4/c1-15-2-4-19(13-21(15)27)28-26(35)30-10-8-16(9-11-30)17-3-5-20-18(12-17)14-31(25(20)34)22-6-7-23(32)29-24(22)33/h2-5,12-13,16,22H,6-11,14H2,1H3,(H,28,35)(H,29,32,33). The van der Waals surface area contributed by atoms with Crippen LogP contribution in [0.4, 0.5) is 10.5 Å². The van der Waals surface area contributed by atoms with Gasteiger partial charge in [0, 0.05) is 42.3 Å². The maximum absolute atomic E-state index is 12.9. The van der Waals surface area contributed by atoms with Crippen LogP contribution in [0.15, 0.2) is 36.4 Å². The molecule has 35 heavy (non-hydrogen) atoms. The second-order valence-corrected chi connectivity index (χ2v) is 9.88. The number of hydrogen-bond acceptors (Lipinski definition) is 4. The van der Waals surface area contributed by atoms with Gasteiger partial charge in [0.2, 0.25) is 11.8 Å². The van der Waals surface area contributed by atoms with E-state index in [-0.39, 0.29) is 30.2 Å². The molecule has 9 heteroatoms. The fourth-order valence-electron chi connectivity index (χ4n) is 5.14. The van der Waals surface area contributed by atoms with Gasteiger partial charge in [-0.1, -0.05) is 29.8 Å². The molecule has 182 valence electrons. The van der Waals surface area contributed by atoms with E-state index in [1.807, 2.05) is 36.1 Å². The molecule has 0 bridgehead atoms. The lowest BCUT2D eigenvalue weighted by atomic mass is 9.88. The largest absolute Gasteiger partial charge is 0.324 e. The minimum atomic E-state index is -0.610. The lowest BCUT2D eigenvalue weighted by molar-refractivity contribution is -0.136. The molecule has 0 aliphatic carbocycles. The van der Waals surface area contributed by atoms with E-state index in [1.165, 1.54) is 0 Å². The number of amides is 5. The number of benzene rings is 2. The Morgan fingerprint density at radius 1 is 1.06 bits per heavy atom. The van der Waals surface area contributed by atoms with E-state index in [0.29, 0.717) is 42.3 Å². The zero-order chi connectivity index (χ0) is 24.7. The van der Waals surface area contributed by atoms with E-state index in [1.54, 1.807) is 11.0 Å². The first-order valence-electron chi connectivity index (χ1n) is 11.9. The van der Waals surface area contributed by atoms with Crippen molar-refractivity contribution in [2.75, 3.05) is 18.4 Å². The fraction of sp³-hybridized carbons (Fsp3) is 0.385. The van der Waals surface area contributed by atoms with E-state index < -0.39 is 11.9 Å². The second kappa shape index (κ2) is 9.34. The highest BCUT2D eigenvalue weighted by molar-refractivity contribution is 6.31. The molecule has 2 fully saturated rings. The number of rotatable bonds is 3. The van der Waals surface area contributed by atoms with Crippen molar-refractivity contribution in [3.8, 4) is 0 Å². The SMILES string of the molecule is Cc1ccc(NC(=O)N2CCC(c3ccc4c(c3)CN(C3CCC(=O)NC3=O)C4=O)CC2)cc1Cl. The molecule has 0 radical (unpaired) electrons. The highest BCUT2D eigenvalue weighted by atomic mass is 35.5. The Kier molecular flexibility index (Phi) is 6.23. The van der Waals surface area contributed by atoms with Crippen molar-refractivity contribution in [3.05, 3.63) is 63.7 Å². The van der Waals surface area contributed by atoms with Gasteiger partial charge < -0.3 is 15.1 Å². The topological polar surface area (TPSA) is 98.8 Å². The third-order valence-electron chi connectivity index (χ3n) is 7.22. The Labute approximate surface area is 208 Å². The summed E-state index contributed by atoms with van der Waals surface area (Å²) >= 11 is 6.16. The zero-order valence-electron chi connectivity index (χ0n) is 19.5. The molecule has 1 unspecified atom stereocenters. The van der Waals surface area contributed by atoms with Crippen molar-refractivity contribution in [3.63, 3.8) is 0 Å². The summed E-state index contributed by atoms with van der Waals surface area (Å²) in [6.45, 7) is 3.55. The van der Waals surface area contributed by atoms with E-state index in [9.17, 15) is 19.2 Å². The highest BCUT2D eigenvalue weighted by Gasteiger charge is 2.39. The van der Waals surface area contributed by atoms with Crippen LogP contribution in [0, 0.1) is 6.92 Å². The van der Waals surface area contributed by atoms with Gasteiger partial charge in [-0.2, -0.15) is 0 Å². The first-order chi connectivity index (χ1) is 16.8. The molecule has 0 saturated carbocycles. The third kappa shape index (κ3) is 4.62. The number of urea groups is 1.